The van der Waals surface area contributed by atoms with E-state index in [9.17, 15) is 17.6 Å². The van der Waals surface area contributed by atoms with Crippen molar-refractivity contribution in [3.63, 3.8) is 0 Å². The number of hydrogen-bond donors (Lipinski definition) is 2. The summed E-state index contributed by atoms with van der Waals surface area (Å²) in [6.45, 7) is -3.08. The van der Waals surface area contributed by atoms with Gasteiger partial charge in [0.2, 0.25) is 15.8 Å². The summed E-state index contributed by atoms with van der Waals surface area (Å²) in [6.07, 6.45) is -2.78. The van der Waals surface area contributed by atoms with E-state index in [1.54, 1.807) is 0 Å². The number of fused-ring (bicyclic) bond motifs is 1. The number of carbonyl (C=O) groups excluding carboxylic acids is 1. The Morgan fingerprint density at radius 3 is 3.00 bits per heavy atom. The fourth-order valence-corrected chi connectivity index (χ4v) is 3.06. The molecule has 1 aromatic carbocycles. The van der Waals surface area contributed by atoms with Gasteiger partial charge in [0.15, 0.2) is 5.82 Å². The summed E-state index contributed by atoms with van der Waals surface area (Å²) in [4.78, 5) is 19.3. The predicted molar refractivity (Wildman–Crippen MR) is 100 cm³/mol. The van der Waals surface area contributed by atoms with E-state index in [0.29, 0.717) is 0 Å². The number of nitrogens with one attached hydrogen (secondary N) is 2. The topological polar surface area (TPSA) is 91.9 Å². The molecular formula is C17H14BrF2N3O3S. The monoisotopic (exact) mass is 467 g/mol. The first-order valence-electron chi connectivity index (χ1n) is 11.9. The lowest BCUT2D eigenvalue weighted by Gasteiger charge is -2.11. The maximum absolute atomic E-state index is 15.4. The molecule has 0 unspecified atom stereocenters. The third kappa shape index (κ3) is 3.86. The molecule has 0 atom stereocenters. The zero-order valence-corrected chi connectivity index (χ0v) is 15.3. The zero-order valence-electron chi connectivity index (χ0n) is 22.9. The summed E-state index contributed by atoms with van der Waals surface area (Å²) in [7, 11) is -5.44. The smallest absolute Gasteiger partial charge is 0.232 e. The van der Waals surface area contributed by atoms with E-state index in [0.717, 1.165) is 0 Å². The number of ketones is 1. The highest BCUT2D eigenvalue weighted by Crippen LogP contribution is 2.31. The fourth-order valence-electron chi connectivity index (χ4n) is 2.09. The summed E-state index contributed by atoms with van der Waals surface area (Å²) >= 11 is 2.92. The molecule has 0 bridgehead atoms. The molecule has 0 amide bonds. The van der Waals surface area contributed by atoms with Crippen LogP contribution in [0.1, 0.15) is 42.9 Å². The van der Waals surface area contributed by atoms with Crippen LogP contribution in [0.15, 0.2) is 34.9 Å². The lowest BCUT2D eigenvalue weighted by molar-refractivity contribution is 0.103. The molecule has 3 rings (SSSR count). The van der Waals surface area contributed by atoms with Gasteiger partial charge in [0.05, 0.1) is 29.4 Å². The van der Waals surface area contributed by atoms with Gasteiger partial charge in [0.25, 0.3) is 0 Å². The summed E-state index contributed by atoms with van der Waals surface area (Å²) in [5.74, 6) is -5.94. The van der Waals surface area contributed by atoms with E-state index in [1.165, 1.54) is 4.72 Å². The van der Waals surface area contributed by atoms with Crippen LogP contribution in [0.25, 0.3) is 11.4 Å². The Kier molecular flexibility index (Phi) is 2.80. The number of nitrogens with zero attached hydrogens (tertiary/aromatic N) is 1. The van der Waals surface area contributed by atoms with Crippen molar-refractivity contribution in [2.45, 2.75) is 13.3 Å². The van der Waals surface area contributed by atoms with E-state index in [2.05, 4.69) is 25.9 Å². The maximum Gasteiger partial charge on any atom is 0.232 e. The molecule has 6 nitrogen and oxygen atoms in total. The molecule has 0 fully saturated rings. The van der Waals surface area contributed by atoms with Crippen molar-refractivity contribution in [1.29, 1.82) is 0 Å². The van der Waals surface area contributed by atoms with Gasteiger partial charge in [-0.1, -0.05) is 6.85 Å². The van der Waals surface area contributed by atoms with E-state index in [1.807, 2.05) is 0 Å². The third-order valence-corrected chi connectivity index (χ3v) is 4.59. The second kappa shape index (κ2) is 7.35. The first-order chi connectivity index (χ1) is 16.7. The molecule has 2 N–H and O–H groups in total. The number of rotatable bonds is 6. The van der Waals surface area contributed by atoms with Crippen LogP contribution < -0.4 is 4.72 Å². The number of aromatic nitrogens is 2. The molecule has 0 aliphatic carbocycles. The third-order valence-electron chi connectivity index (χ3n) is 3.20. The van der Waals surface area contributed by atoms with Gasteiger partial charge < -0.3 is 4.98 Å². The van der Waals surface area contributed by atoms with Crippen LogP contribution in [-0.2, 0) is 10.0 Å². The van der Waals surface area contributed by atoms with Crippen LogP contribution in [0.5, 0.6) is 0 Å². The van der Waals surface area contributed by atoms with Crippen LogP contribution in [-0.4, -0.2) is 29.9 Å². The molecular weight excluding hydrogens is 444 g/mol. The molecule has 0 spiro atoms. The van der Waals surface area contributed by atoms with Gasteiger partial charge in [-0.05, 0) is 40.5 Å². The Morgan fingerprint density at radius 1 is 1.48 bits per heavy atom. The minimum absolute atomic E-state index is 0.185. The lowest BCUT2D eigenvalue weighted by Crippen LogP contribution is -2.18. The number of H-pyrrole nitrogens is 1. The number of pyridine rings is 1. The summed E-state index contributed by atoms with van der Waals surface area (Å²) in [5.41, 5.74) is -7.92. The van der Waals surface area contributed by atoms with Crippen LogP contribution in [0.4, 0.5) is 14.5 Å². The number of anilines is 1. The highest BCUT2D eigenvalue weighted by Gasteiger charge is 2.27. The van der Waals surface area contributed by atoms with E-state index >= 15 is 4.39 Å². The number of sulfonamides is 1. The second-order valence-corrected chi connectivity index (χ2v) is 7.19. The molecule has 0 aromatic heterocycles. The molecule has 10 heteroatoms. The summed E-state index contributed by atoms with van der Waals surface area (Å²) in [5, 5.41) is 0. The van der Waals surface area contributed by atoms with Gasteiger partial charge in [0.1, 0.15) is 11.6 Å². The number of benzene rings is 1. The van der Waals surface area contributed by atoms with Crippen molar-refractivity contribution in [2.75, 3.05) is 10.4 Å². The number of halogens is 3. The Bertz CT molecular complexity index is 1530. The van der Waals surface area contributed by atoms with Crippen molar-refractivity contribution in [2.24, 2.45) is 0 Å². The molecule has 2 heterocycles. The maximum atomic E-state index is 15.4. The molecule has 0 saturated carbocycles. The zero-order chi connectivity index (χ0) is 28.4. The van der Waals surface area contributed by atoms with Crippen molar-refractivity contribution in [3.05, 3.63) is 57.7 Å². The van der Waals surface area contributed by atoms with E-state index < -0.39 is 93.1 Å². The standard InChI is InChI=1S/C17H14BrF2N3O3S/c1-2-5-27(25,26)23-13-4-3-12(19)14(15(13)20)16(24)11-8-22-17-10(11)6-9(18)7-21-17/h3-4,6-8,23H,2,5H2,1H3,(H,21,22)/i1D3,3D,4D,5D2,6D,7D,8D. The minimum atomic E-state index is -5.44. The molecule has 0 radical (unpaired) electrons. The summed E-state index contributed by atoms with van der Waals surface area (Å²) in [6, 6.07) is -3.44. The van der Waals surface area contributed by atoms with Crippen LogP contribution in [0.3, 0.4) is 0 Å². The molecule has 2 aliphatic heterocycles. The first kappa shape index (κ1) is 10.3. The largest absolute Gasteiger partial charge is 0.345 e. The fraction of sp³-hybridized carbons (Fsp3) is 0.176. The Hall–Kier alpha value is -2.33. The predicted octanol–water partition coefficient (Wildman–Crippen LogP) is 3.94. The number of aromatic amines is 1. The van der Waals surface area contributed by atoms with Gasteiger partial charge in [-0.3, -0.25) is 9.52 Å². The van der Waals surface area contributed by atoms with Gasteiger partial charge in [-0.25, -0.2) is 22.2 Å². The van der Waals surface area contributed by atoms with Crippen LogP contribution in [0, 0.1) is 11.6 Å². The highest BCUT2D eigenvalue weighted by atomic mass is 79.9. The molecule has 27 heavy (non-hydrogen) atoms. The van der Waals surface area contributed by atoms with Crippen molar-refractivity contribution < 1.29 is 35.7 Å². The number of carbonyl (C=O) groups is 1. The molecule has 142 valence electrons. The van der Waals surface area contributed by atoms with Gasteiger partial charge in [0, 0.05) is 29.2 Å². The van der Waals surface area contributed by atoms with Crippen molar-refractivity contribution in [3.8, 4) is 11.4 Å². The minimum Gasteiger partial charge on any atom is -0.345 e. The Balaban J connectivity index is 2.24. The quantitative estimate of drug-likeness (QED) is 0.537. The normalized spacial score (nSPS) is 18.0. The summed E-state index contributed by atoms with van der Waals surface area (Å²) < 4.78 is 132. The second-order valence-electron chi connectivity index (χ2n) is 4.89. The van der Waals surface area contributed by atoms with Crippen molar-refractivity contribution in [1.82, 2.24) is 9.97 Å². The lowest BCUT2D eigenvalue weighted by atomic mass is 10.00. The molecule has 2 aliphatic rings. The number of hydrogen-bond acceptors (Lipinski definition) is 4. The highest BCUT2D eigenvalue weighted by molar-refractivity contribution is 9.10. The molecule has 1 aromatic rings. The average Bonchev–Trinajstić information content (AvgIpc) is 3.07. The average molecular weight is 468 g/mol. The Morgan fingerprint density at radius 2 is 2.26 bits per heavy atom. The molecule has 0 saturated heterocycles. The van der Waals surface area contributed by atoms with Gasteiger partial charge in [-0.2, -0.15) is 0 Å². The Labute approximate surface area is 176 Å². The van der Waals surface area contributed by atoms with Crippen LogP contribution in [0.2, 0.25) is 0 Å². The van der Waals surface area contributed by atoms with Gasteiger partial charge in [-0.15, -0.1) is 0 Å². The van der Waals surface area contributed by atoms with E-state index in [-0.39, 0.29) is 16.5 Å². The van der Waals surface area contributed by atoms with E-state index in [4.69, 9.17) is 13.7 Å². The SMILES string of the molecule is [2H]c1nc2[nH]c([2H])c(Br)c([2H])c-2c1C(=O)c1c(F)c([2H])c([2H])c(NS(=O)(=O)C([2H])([2H])CC([2H])([2H])[2H])c1F. The van der Waals surface area contributed by atoms with Gasteiger partial charge >= 0.3 is 0 Å². The van der Waals surface area contributed by atoms with Crippen LogP contribution >= 0.6 is 15.9 Å². The first-order valence-corrected chi connectivity index (χ1v) is 9.19. The van der Waals surface area contributed by atoms with Crippen molar-refractivity contribution >= 4 is 37.4 Å².